The number of phenolic OH excluding ortho intramolecular Hbond substituents is 1. The first-order valence-electron chi connectivity index (χ1n) is 6.03. The summed E-state index contributed by atoms with van der Waals surface area (Å²) in [5.74, 6) is -0.471. The molecule has 0 atom stereocenters. The average Bonchev–Trinajstić information content (AvgIpc) is 2.38. The number of nitrogens with zero attached hydrogens (tertiary/aromatic N) is 1. The molecule has 0 radical (unpaired) electrons. The van der Waals surface area contributed by atoms with E-state index in [-0.39, 0.29) is 5.75 Å². The van der Waals surface area contributed by atoms with Crippen LogP contribution in [0.4, 0.5) is 4.39 Å². The summed E-state index contributed by atoms with van der Waals surface area (Å²) in [5.41, 5.74) is 2.73. The third-order valence-corrected chi connectivity index (χ3v) is 3.08. The molecular formula is C16H12FNO. The number of phenols is 1. The standard InChI is InChI=1S/C16H12FNO/c17-13-8-11(9-14(19)10-13)7-12-5-6-18-16-4-2-1-3-15(12)16/h1-6,8-10,19H,7H2. The third kappa shape index (κ3) is 2.40. The average molecular weight is 253 g/mol. The highest BCUT2D eigenvalue weighted by Gasteiger charge is 2.05. The Kier molecular flexibility index (Phi) is 2.88. The van der Waals surface area contributed by atoms with Crippen LogP contribution in [-0.4, -0.2) is 10.1 Å². The molecule has 0 fully saturated rings. The molecule has 0 spiro atoms. The fraction of sp³-hybridized carbons (Fsp3) is 0.0625. The van der Waals surface area contributed by atoms with Gasteiger partial charge in [0.2, 0.25) is 0 Å². The number of aromatic nitrogens is 1. The van der Waals surface area contributed by atoms with Gasteiger partial charge in [0.05, 0.1) is 5.52 Å². The molecule has 0 aliphatic carbocycles. The Balaban J connectivity index is 2.05. The highest BCUT2D eigenvalue weighted by Crippen LogP contribution is 2.22. The van der Waals surface area contributed by atoms with Gasteiger partial charge in [-0.25, -0.2) is 4.39 Å². The third-order valence-electron chi connectivity index (χ3n) is 3.08. The normalized spacial score (nSPS) is 10.8. The summed E-state index contributed by atoms with van der Waals surface area (Å²) in [4.78, 5) is 4.30. The first-order chi connectivity index (χ1) is 9.22. The van der Waals surface area contributed by atoms with E-state index < -0.39 is 5.82 Å². The van der Waals surface area contributed by atoms with Crippen molar-refractivity contribution in [3.8, 4) is 5.75 Å². The van der Waals surface area contributed by atoms with Crippen LogP contribution in [0.1, 0.15) is 11.1 Å². The smallest absolute Gasteiger partial charge is 0.127 e. The van der Waals surface area contributed by atoms with Gasteiger partial charge in [-0.3, -0.25) is 4.98 Å². The van der Waals surface area contributed by atoms with Gasteiger partial charge in [0.15, 0.2) is 0 Å². The second-order valence-electron chi connectivity index (χ2n) is 4.48. The molecule has 0 unspecified atom stereocenters. The number of fused-ring (bicyclic) bond motifs is 1. The molecule has 0 saturated heterocycles. The summed E-state index contributed by atoms with van der Waals surface area (Å²) in [6.07, 6.45) is 2.31. The van der Waals surface area contributed by atoms with Gasteiger partial charge in [-0.2, -0.15) is 0 Å². The van der Waals surface area contributed by atoms with Gasteiger partial charge in [0.1, 0.15) is 11.6 Å². The largest absolute Gasteiger partial charge is 0.508 e. The number of aromatic hydroxyl groups is 1. The minimum absolute atomic E-state index is 0.0478. The predicted octanol–water partition coefficient (Wildman–Crippen LogP) is 3.67. The molecule has 2 aromatic carbocycles. The lowest BCUT2D eigenvalue weighted by Crippen LogP contribution is -1.92. The van der Waals surface area contributed by atoms with Gasteiger partial charge in [-0.15, -0.1) is 0 Å². The van der Waals surface area contributed by atoms with Crippen molar-refractivity contribution in [2.24, 2.45) is 0 Å². The van der Waals surface area contributed by atoms with Crippen molar-refractivity contribution in [2.75, 3.05) is 0 Å². The molecule has 1 heterocycles. The lowest BCUT2D eigenvalue weighted by Gasteiger charge is -2.07. The minimum atomic E-state index is -0.423. The lowest BCUT2D eigenvalue weighted by atomic mass is 10.0. The van der Waals surface area contributed by atoms with Crippen LogP contribution in [0.2, 0.25) is 0 Å². The van der Waals surface area contributed by atoms with E-state index in [4.69, 9.17) is 0 Å². The number of pyridine rings is 1. The maximum Gasteiger partial charge on any atom is 0.127 e. The summed E-state index contributed by atoms with van der Waals surface area (Å²) in [6.45, 7) is 0. The van der Waals surface area contributed by atoms with E-state index in [0.717, 1.165) is 28.1 Å². The molecular weight excluding hydrogens is 241 g/mol. The quantitative estimate of drug-likeness (QED) is 0.756. The Bertz CT molecular complexity index is 714. The zero-order valence-electron chi connectivity index (χ0n) is 10.2. The monoisotopic (exact) mass is 253 g/mol. The number of hydrogen-bond acceptors (Lipinski definition) is 2. The van der Waals surface area contributed by atoms with E-state index in [1.165, 1.54) is 6.07 Å². The van der Waals surface area contributed by atoms with E-state index in [1.807, 2.05) is 30.3 Å². The van der Waals surface area contributed by atoms with E-state index in [0.29, 0.717) is 6.42 Å². The number of halogens is 1. The van der Waals surface area contributed by atoms with Crippen molar-refractivity contribution in [1.29, 1.82) is 0 Å². The molecule has 0 amide bonds. The van der Waals surface area contributed by atoms with Crippen LogP contribution in [0.3, 0.4) is 0 Å². The minimum Gasteiger partial charge on any atom is -0.508 e. The molecule has 94 valence electrons. The van der Waals surface area contributed by atoms with E-state index in [2.05, 4.69) is 4.98 Å². The second kappa shape index (κ2) is 4.69. The summed E-state index contributed by atoms with van der Waals surface area (Å²) >= 11 is 0. The number of benzene rings is 2. The van der Waals surface area contributed by atoms with Crippen molar-refractivity contribution in [1.82, 2.24) is 4.98 Å². The van der Waals surface area contributed by atoms with Crippen molar-refractivity contribution in [3.63, 3.8) is 0 Å². The summed E-state index contributed by atoms with van der Waals surface area (Å²) < 4.78 is 13.3. The molecule has 0 saturated carbocycles. The molecule has 19 heavy (non-hydrogen) atoms. The fourth-order valence-corrected chi connectivity index (χ4v) is 2.26. The lowest BCUT2D eigenvalue weighted by molar-refractivity contribution is 0.468. The van der Waals surface area contributed by atoms with E-state index in [1.54, 1.807) is 12.3 Å². The van der Waals surface area contributed by atoms with E-state index >= 15 is 0 Å². The maximum atomic E-state index is 13.3. The number of rotatable bonds is 2. The van der Waals surface area contributed by atoms with Crippen molar-refractivity contribution in [2.45, 2.75) is 6.42 Å². The van der Waals surface area contributed by atoms with Gasteiger partial charge in [0.25, 0.3) is 0 Å². The Hall–Kier alpha value is -2.42. The Labute approximate surface area is 110 Å². The van der Waals surface area contributed by atoms with Gasteiger partial charge < -0.3 is 5.11 Å². The maximum absolute atomic E-state index is 13.3. The summed E-state index contributed by atoms with van der Waals surface area (Å²) in [7, 11) is 0. The molecule has 0 aliphatic rings. The van der Waals surface area contributed by atoms with Crippen molar-refractivity contribution >= 4 is 10.9 Å². The summed E-state index contributed by atoms with van der Waals surface area (Å²) in [6, 6.07) is 13.9. The zero-order chi connectivity index (χ0) is 13.2. The highest BCUT2D eigenvalue weighted by molar-refractivity contribution is 5.82. The molecule has 3 aromatic rings. The SMILES string of the molecule is Oc1cc(F)cc(Cc2ccnc3ccccc23)c1. The van der Waals surface area contributed by atoms with Crippen molar-refractivity contribution < 1.29 is 9.50 Å². The molecule has 0 aliphatic heterocycles. The van der Waals surface area contributed by atoms with Crippen molar-refractivity contribution in [3.05, 3.63) is 71.7 Å². The zero-order valence-corrected chi connectivity index (χ0v) is 10.2. The van der Waals surface area contributed by atoms with E-state index in [9.17, 15) is 9.50 Å². The summed E-state index contributed by atoms with van der Waals surface area (Å²) in [5, 5.41) is 10.5. The predicted molar refractivity (Wildman–Crippen MR) is 72.6 cm³/mol. The molecule has 1 N–H and O–H groups in total. The van der Waals surface area contributed by atoms with Crippen LogP contribution in [0.5, 0.6) is 5.75 Å². The molecule has 1 aromatic heterocycles. The van der Waals surface area contributed by atoms with Gasteiger partial charge in [-0.05, 0) is 41.8 Å². The Morgan fingerprint density at radius 3 is 2.74 bits per heavy atom. The second-order valence-corrected chi connectivity index (χ2v) is 4.48. The first kappa shape index (κ1) is 11.7. The Morgan fingerprint density at radius 2 is 1.89 bits per heavy atom. The number of para-hydroxylation sites is 1. The molecule has 2 nitrogen and oxygen atoms in total. The van der Waals surface area contributed by atoms with Gasteiger partial charge >= 0.3 is 0 Å². The van der Waals surface area contributed by atoms with Crippen LogP contribution in [0.15, 0.2) is 54.7 Å². The number of hydrogen-bond donors (Lipinski definition) is 1. The van der Waals surface area contributed by atoms with Crippen LogP contribution >= 0.6 is 0 Å². The Morgan fingerprint density at radius 1 is 1.05 bits per heavy atom. The topological polar surface area (TPSA) is 33.1 Å². The van der Waals surface area contributed by atoms with Crippen LogP contribution in [0.25, 0.3) is 10.9 Å². The van der Waals surface area contributed by atoms with Crippen LogP contribution < -0.4 is 0 Å². The molecule has 3 heteroatoms. The van der Waals surface area contributed by atoms with Crippen LogP contribution in [0, 0.1) is 5.82 Å². The fourth-order valence-electron chi connectivity index (χ4n) is 2.26. The van der Waals surface area contributed by atoms with Gasteiger partial charge in [0, 0.05) is 17.6 Å². The molecule has 0 bridgehead atoms. The molecule has 3 rings (SSSR count). The van der Waals surface area contributed by atoms with Crippen LogP contribution in [-0.2, 0) is 6.42 Å². The van der Waals surface area contributed by atoms with Gasteiger partial charge in [-0.1, -0.05) is 18.2 Å². The first-order valence-corrected chi connectivity index (χ1v) is 6.03. The highest BCUT2D eigenvalue weighted by atomic mass is 19.1.